The average molecular weight is 249 g/mol. The van der Waals surface area contributed by atoms with Crippen molar-refractivity contribution in [1.29, 1.82) is 0 Å². The van der Waals surface area contributed by atoms with E-state index >= 15 is 0 Å². The number of nitrogens with one attached hydrogen (secondary N) is 1. The predicted octanol–water partition coefficient (Wildman–Crippen LogP) is 1.28. The summed E-state index contributed by atoms with van der Waals surface area (Å²) in [5.41, 5.74) is 7.07. The summed E-state index contributed by atoms with van der Waals surface area (Å²) < 4.78 is 10.4. The molecule has 0 spiro atoms. The standard InChI is InChI=1S/C11H15N5O2/c1-6-7(2)18-8(16-6)4-13-10-9(12)11(17-3)15-5-14-10/h5H,4,12H2,1-3H3,(H,13,14,15). The Morgan fingerprint density at radius 3 is 2.78 bits per heavy atom. The van der Waals surface area contributed by atoms with Crippen molar-refractivity contribution in [2.24, 2.45) is 0 Å². The van der Waals surface area contributed by atoms with Gasteiger partial charge in [-0.25, -0.2) is 9.97 Å². The summed E-state index contributed by atoms with van der Waals surface area (Å²) in [7, 11) is 1.50. The normalized spacial score (nSPS) is 10.4. The van der Waals surface area contributed by atoms with Crippen LogP contribution in [0.2, 0.25) is 0 Å². The van der Waals surface area contributed by atoms with Gasteiger partial charge in [0.1, 0.15) is 17.8 Å². The van der Waals surface area contributed by atoms with Gasteiger partial charge in [-0.3, -0.25) is 0 Å². The first-order valence-corrected chi connectivity index (χ1v) is 5.43. The van der Waals surface area contributed by atoms with E-state index in [0.29, 0.717) is 29.8 Å². The van der Waals surface area contributed by atoms with Gasteiger partial charge in [-0.2, -0.15) is 4.98 Å². The summed E-state index contributed by atoms with van der Waals surface area (Å²) in [6.45, 7) is 4.16. The number of rotatable bonds is 4. The molecule has 2 heterocycles. The molecule has 2 aromatic rings. The molecule has 0 atom stereocenters. The first kappa shape index (κ1) is 12.2. The molecule has 96 valence electrons. The van der Waals surface area contributed by atoms with E-state index in [1.807, 2.05) is 13.8 Å². The maximum absolute atomic E-state index is 5.83. The number of aromatic nitrogens is 3. The van der Waals surface area contributed by atoms with Crippen molar-refractivity contribution in [3.63, 3.8) is 0 Å². The van der Waals surface area contributed by atoms with Crippen LogP contribution in [-0.4, -0.2) is 22.1 Å². The zero-order valence-corrected chi connectivity index (χ0v) is 10.5. The summed E-state index contributed by atoms with van der Waals surface area (Å²) in [6, 6.07) is 0. The van der Waals surface area contributed by atoms with Gasteiger partial charge in [0.05, 0.1) is 19.3 Å². The van der Waals surface area contributed by atoms with Crippen LogP contribution in [-0.2, 0) is 6.54 Å². The largest absolute Gasteiger partial charge is 0.479 e. The number of hydrogen-bond acceptors (Lipinski definition) is 7. The molecule has 18 heavy (non-hydrogen) atoms. The van der Waals surface area contributed by atoms with E-state index in [-0.39, 0.29) is 0 Å². The fourth-order valence-electron chi connectivity index (χ4n) is 1.46. The van der Waals surface area contributed by atoms with E-state index in [9.17, 15) is 0 Å². The molecule has 0 bridgehead atoms. The number of aryl methyl sites for hydroxylation is 2. The third-order valence-corrected chi connectivity index (χ3v) is 2.52. The Morgan fingerprint density at radius 2 is 2.17 bits per heavy atom. The minimum Gasteiger partial charge on any atom is -0.479 e. The van der Waals surface area contributed by atoms with E-state index in [1.54, 1.807) is 0 Å². The minimum atomic E-state index is 0.340. The quantitative estimate of drug-likeness (QED) is 0.842. The second-order valence-electron chi connectivity index (χ2n) is 3.75. The van der Waals surface area contributed by atoms with Gasteiger partial charge in [0.2, 0.25) is 11.8 Å². The molecular formula is C11H15N5O2. The van der Waals surface area contributed by atoms with Gasteiger partial charge >= 0.3 is 0 Å². The van der Waals surface area contributed by atoms with E-state index in [4.69, 9.17) is 14.9 Å². The van der Waals surface area contributed by atoms with Crippen molar-refractivity contribution in [1.82, 2.24) is 15.0 Å². The smallest absolute Gasteiger partial charge is 0.242 e. The Kier molecular flexibility index (Phi) is 3.31. The molecule has 2 rings (SSSR count). The summed E-state index contributed by atoms with van der Waals surface area (Å²) in [4.78, 5) is 12.2. The Hall–Kier alpha value is -2.31. The van der Waals surface area contributed by atoms with Crippen molar-refractivity contribution in [2.45, 2.75) is 20.4 Å². The molecule has 0 unspecified atom stereocenters. The van der Waals surface area contributed by atoms with Crippen molar-refractivity contribution in [3.05, 3.63) is 23.7 Å². The maximum Gasteiger partial charge on any atom is 0.242 e. The molecule has 0 aliphatic rings. The highest BCUT2D eigenvalue weighted by atomic mass is 16.5. The molecule has 7 heteroatoms. The minimum absolute atomic E-state index is 0.340. The Morgan fingerprint density at radius 1 is 1.39 bits per heavy atom. The number of oxazole rings is 1. The monoisotopic (exact) mass is 249 g/mol. The first-order chi connectivity index (χ1) is 8.61. The van der Waals surface area contributed by atoms with Crippen LogP contribution >= 0.6 is 0 Å². The fraction of sp³-hybridized carbons (Fsp3) is 0.364. The number of anilines is 2. The molecule has 0 aliphatic carbocycles. The van der Waals surface area contributed by atoms with Crippen molar-refractivity contribution in [2.75, 3.05) is 18.2 Å². The number of ether oxygens (including phenoxy) is 1. The molecule has 0 fully saturated rings. The highest BCUT2D eigenvalue weighted by Gasteiger charge is 2.10. The number of nitrogens with two attached hydrogens (primary N) is 1. The molecule has 0 saturated heterocycles. The molecule has 3 N–H and O–H groups in total. The molecule has 2 aromatic heterocycles. The van der Waals surface area contributed by atoms with Crippen LogP contribution in [0.5, 0.6) is 5.88 Å². The van der Waals surface area contributed by atoms with E-state index in [1.165, 1.54) is 13.4 Å². The number of nitrogens with zero attached hydrogens (tertiary/aromatic N) is 3. The summed E-state index contributed by atoms with van der Waals surface area (Å²) in [5.74, 6) is 2.23. The number of hydrogen-bond donors (Lipinski definition) is 2. The second kappa shape index (κ2) is 4.91. The van der Waals surface area contributed by atoms with Crippen LogP contribution in [0.4, 0.5) is 11.5 Å². The SMILES string of the molecule is COc1ncnc(NCc2nc(C)c(C)o2)c1N. The van der Waals surface area contributed by atoms with Gasteiger partial charge in [-0.15, -0.1) is 0 Å². The van der Waals surface area contributed by atoms with E-state index < -0.39 is 0 Å². The van der Waals surface area contributed by atoms with Crippen molar-refractivity contribution < 1.29 is 9.15 Å². The maximum atomic E-state index is 5.83. The Balaban J connectivity index is 2.10. The van der Waals surface area contributed by atoms with Crippen LogP contribution in [0.1, 0.15) is 17.3 Å². The van der Waals surface area contributed by atoms with Crippen LogP contribution in [0.25, 0.3) is 0 Å². The van der Waals surface area contributed by atoms with Crippen LogP contribution in [0.3, 0.4) is 0 Å². The van der Waals surface area contributed by atoms with Crippen LogP contribution in [0, 0.1) is 13.8 Å². The third kappa shape index (κ3) is 2.34. The first-order valence-electron chi connectivity index (χ1n) is 5.43. The fourth-order valence-corrected chi connectivity index (χ4v) is 1.46. The zero-order valence-electron chi connectivity index (χ0n) is 10.5. The topological polar surface area (TPSA) is 99.1 Å². The lowest BCUT2D eigenvalue weighted by Crippen LogP contribution is -2.07. The van der Waals surface area contributed by atoms with Crippen LogP contribution < -0.4 is 15.8 Å². The zero-order chi connectivity index (χ0) is 13.1. The summed E-state index contributed by atoms with van der Waals surface area (Å²) >= 11 is 0. The molecule has 0 aromatic carbocycles. The van der Waals surface area contributed by atoms with Gasteiger partial charge in [0.25, 0.3) is 0 Å². The Bertz CT molecular complexity index is 533. The molecule has 0 aliphatic heterocycles. The van der Waals surface area contributed by atoms with Gasteiger partial charge < -0.3 is 20.2 Å². The molecule has 0 amide bonds. The van der Waals surface area contributed by atoms with Crippen molar-refractivity contribution >= 4 is 11.5 Å². The van der Waals surface area contributed by atoms with E-state index in [2.05, 4.69) is 20.3 Å². The summed E-state index contributed by atoms with van der Waals surface area (Å²) in [6.07, 6.45) is 1.38. The highest BCUT2D eigenvalue weighted by molar-refractivity contribution is 5.66. The number of methoxy groups -OCH3 is 1. The lowest BCUT2D eigenvalue weighted by molar-refractivity contribution is 0.399. The van der Waals surface area contributed by atoms with Gasteiger partial charge in [0.15, 0.2) is 5.82 Å². The number of nitrogen functional groups attached to an aromatic ring is 1. The predicted molar refractivity (Wildman–Crippen MR) is 66.3 cm³/mol. The second-order valence-corrected chi connectivity index (χ2v) is 3.75. The van der Waals surface area contributed by atoms with E-state index in [0.717, 1.165) is 11.5 Å². The molecule has 0 radical (unpaired) electrons. The third-order valence-electron chi connectivity index (χ3n) is 2.52. The molecule has 0 saturated carbocycles. The lowest BCUT2D eigenvalue weighted by atomic mass is 10.4. The van der Waals surface area contributed by atoms with Crippen LogP contribution in [0.15, 0.2) is 10.7 Å². The van der Waals surface area contributed by atoms with Gasteiger partial charge in [-0.1, -0.05) is 0 Å². The highest BCUT2D eigenvalue weighted by Crippen LogP contribution is 2.24. The summed E-state index contributed by atoms with van der Waals surface area (Å²) in [5, 5.41) is 3.03. The lowest BCUT2D eigenvalue weighted by Gasteiger charge is -2.08. The average Bonchev–Trinajstić information content (AvgIpc) is 2.67. The van der Waals surface area contributed by atoms with Gasteiger partial charge in [0, 0.05) is 0 Å². The molecule has 7 nitrogen and oxygen atoms in total. The molecular weight excluding hydrogens is 234 g/mol. The van der Waals surface area contributed by atoms with Gasteiger partial charge in [-0.05, 0) is 13.8 Å². The Labute approximate surface area is 104 Å². The van der Waals surface area contributed by atoms with Crippen molar-refractivity contribution in [3.8, 4) is 5.88 Å².